The van der Waals surface area contributed by atoms with Crippen molar-refractivity contribution in [3.8, 4) is 16.9 Å². The quantitative estimate of drug-likeness (QED) is 0.487. The lowest BCUT2D eigenvalue weighted by Crippen LogP contribution is -2.19. The lowest BCUT2D eigenvalue weighted by atomic mass is 10.0. The van der Waals surface area contributed by atoms with Crippen molar-refractivity contribution in [2.75, 3.05) is 0 Å². The van der Waals surface area contributed by atoms with Crippen molar-refractivity contribution in [1.29, 1.82) is 0 Å². The molecule has 0 saturated carbocycles. The molecule has 0 radical (unpaired) electrons. The standard InChI is InChI=1S/C23H14F2N2O2/c24-18-8-4-15(5-9-18)21-2-1-3-22(28)27(21)20-12-17(13-26-14-20)23(29)16-6-10-19(25)11-7-16/h1-14H. The fourth-order valence-electron chi connectivity index (χ4n) is 3.04. The van der Waals surface area contributed by atoms with E-state index in [4.69, 9.17) is 0 Å². The summed E-state index contributed by atoms with van der Waals surface area (Å²) in [7, 11) is 0. The highest BCUT2D eigenvalue weighted by molar-refractivity contribution is 6.09. The molecule has 0 bridgehead atoms. The lowest BCUT2D eigenvalue weighted by Gasteiger charge is -2.13. The third kappa shape index (κ3) is 3.73. The number of pyridine rings is 2. The normalized spacial score (nSPS) is 10.7. The van der Waals surface area contributed by atoms with Crippen LogP contribution in [0.15, 0.2) is 90.0 Å². The molecule has 0 saturated heterocycles. The summed E-state index contributed by atoms with van der Waals surface area (Å²) < 4.78 is 27.8. The number of benzene rings is 2. The first kappa shape index (κ1) is 18.4. The van der Waals surface area contributed by atoms with Gasteiger partial charge in [-0.15, -0.1) is 0 Å². The number of nitrogens with zero attached hydrogens (tertiary/aromatic N) is 2. The van der Waals surface area contributed by atoms with Crippen LogP contribution in [0.25, 0.3) is 16.9 Å². The molecule has 4 rings (SSSR count). The highest BCUT2D eigenvalue weighted by Crippen LogP contribution is 2.22. The molecule has 6 heteroatoms. The van der Waals surface area contributed by atoms with Gasteiger partial charge in [0.25, 0.3) is 5.56 Å². The molecule has 0 fully saturated rings. The highest BCUT2D eigenvalue weighted by Gasteiger charge is 2.14. The molecule has 4 nitrogen and oxygen atoms in total. The molecule has 142 valence electrons. The number of halogens is 2. The first-order chi connectivity index (χ1) is 14.0. The summed E-state index contributed by atoms with van der Waals surface area (Å²) in [5, 5.41) is 0. The van der Waals surface area contributed by atoms with E-state index in [9.17, 15) is 18.4 Å². The van der Waals surface area contributed by atoms with Crippen molar-refractivity contribution in [1.82, 2.24) is 9.55 Å². The van der Waals surface area contributed by atoms with Gasteiger partial charge in [-0.25, -0.2) is 8.78 Å². The second-order valence-electron chi connectivity index (χ2n) is 6.36. The van der Waals surface area contributed by atoms with Crippen LogP contribution in [0.4, 0.5) is 8.78 Å². The van der Waals surface area contributed by atoms with Crippen LogP contribution in [0, 0.1) is 11.6 Å². The molecule has 0 aliphatic heterocycles. The van der Waals surface area contributed by atoms with Crippen LogP contribution in [-0.2, 0) is 0 Å². The number of carbonyl (C=O) groups is 1. The molecule has 29 heavy (non-hydrogen) atoms. The molecule has 0 N–H and O–H groups in total. The minimum absolute atomic E-state index is 0.259. The van der Waals surface area contributed by atoms with Gasteiger partial charge in [-0.05, 0) is 66.2 Å². The van der Waals surface area contributed by atoms with Crippen molar-refractivity contribution in [3.05, 3.63) is 118 Å². The van der Waals surface area contributed by atoms with E-state index in [0.29, 0.717) is 22.5 Å². The van der Waals surface area contributed by atoms with Gasteiger partial charge in [-0.1, -0.05) is 6.07 Å². The maximum Gasteiger partial charge on any atom is 0.255 e. The molecular formula is C23H14F2N2O2. The Hall–Kier alpha value is -3.93. The number of aromatic nitrogens is 2. The molecule has 0 unspecified atom stereocenters. The second kappa shape index (κ2) is 7.59. The molecule has 0 spiro atoms. The molecule has 0 atom stereocenters. The van der Waals surface area contributed by atoms with E-state index in [1.54, 1.807) is 30.3 Å². The van der Waals surface area contributed by atoms with E-state index >= 15 is 0 Å². The Morgan fingerprint density at radius 1 is 0.793 bits per heavy atom. The molecule has 0 aliphatic carbocycles. The Bertz CT molecular complexity index is 1250. The van der Waals surface area contributed by atoms with Gasteiger partial charge in [0.1, 0.15) is 11.6 Å². The smallest absolute Gasteiger partial charge is 0.255 e. The summed E-state index contributed by atoms with van der Waals surface area (Å²) >= 11 is 0. The van der Waals surface area contributed by atoms with Gasteiger partial charge in [0.05, 0.1) is 17.6 Å². The van der Waals surface area contributed by atoms with E-state index in [1.807, 2.05) is 0 Å². The predicted molar refractivity (Wildman–Crippen MR) is 105 cm³/mol. The van der Waals surface area contributed by atoms with Gasteiger partial charge in [0.2, 0.25) is 0 Å². The topological polar surface area (TPSA) is 52.0 Å². The van der Waals surface area contributed by atoms with Gasteiger partial charge in [-0.2, -0.15) is 0 Å². The third-order valence-electron chi connectivity index (χ3n) is 4.44. The van der Waals surface area contributed by atoms with Crippen molar-refractivity contribution in [2.24, 2.45) is 0 Å². The molecule has 0 aliphatic rings. The Labute approximate surface area is 164 Å². The van der Waals surface area contributed by atoms with Crippen LogP contribution >= 0.6 is 0 Å². The summed E-state index contributed by atoms with van der Waals surface area (Å²) in [5.41, 5.74) is 1.81. The van der Waals surface area contributed by atoms with E-state index in [2.05, 4.69) is 4.98 Å². The predicted octanol–water partition coefficient (Wildman–Crippen LogP) is 4.41. The van der Waals surface area contributed by atoms with E-state index in [0.717, 1.165) is 0 Å². The van der Waals surface area contributed by atoms with Crippen molar-refractivity contribution >= 4 is 5.78 Å². The Morgan fingerprint density at radius 2 is 1.45 bits per heavy atom. The third-order valence-corrected chi connectivity index (χ3v) is 4.44. The number of hydrogen-bond donors (Lipinski definition) is 0. The molecule has 0 amide bonds. The first-order valence-electron chi connectivity index (χ1n) is 8.76. The molecule has 2 heterocycles. The van der Waals surface area contributed by atoms with Crippen LogP contribution in [0.2, 0.25) is 0 Å². The number of ketones is 1. The molecule has 2 aromatic carbocycles. The number of hydrogen-bond acceptors (Lipinski definition) is 3. The van der Waals surface area contributed by atoms with Crippen molar-refractivity contribution in [3.63, 3.8) is 0 Å². The average molecular weight is 388 g/mol. The van der Waals surface area contributed by atoms with E-state index in [-0.39, 0.29) is 22.7 Å². The van der Waals surface area contributed by atoms with E-state index < -0.39 is 5.82 Å². The maximum atomic E-state index is 13.3. The van der Waals surface area contributed by atoms with Crippen LogP contribution in [0.5, 0.6) is 0 Å². The largest absolute Gasteiger partial charge is 0.289 e. The average Bonchev–Trinajstić information content (AvgIpc) is 2.74. The lowest BCUT2D eigenvalue weighted by molar-refractivity contribution is 0.103. The van der Waals surface area contributed by atoms with Crippen molar-refractivity contribution in [2.45, 2.75) is 0 Å². The van der Waals surface area contributed by atoms with Crippen LogP contribution < -0.4 is 5.56 Å². The van der Waals surface area contributed by atoms with Gasteiger partial charge < -0.3 is 0 Å². The summed E-state index contributed by atoms with van der Waals surface area (Å²) in [6.07, 6.45) is 2.86. The fourth-order valence-corrected chi connectivity index (χ4v) is 3.04. The molecule has 4 aromatic rings. The zero-order chi connectivity index (χ0) is 20.4. The van der Waals surface area contributed by atoms with Crippen LogP contribution in [0.1, 0.15) is 15.9 Å². The van der Waals surface area contributed by atoms with Gasteiger partial charge in [0.15, 0.2) is 5.78 Å². The Morgan fingerprint density at radius 3 is 2.14 bits per heavy atom. The highest BCUT2D eigenvalue weighted by atomic mass is 19.1. The summed E-state index contributed by atoms with van der Waals surface area (Å²) in [5.74, 6) is -1.16. The first-order valence-corrected chi connectivity index (χ1v) is 8.76. The van der Waals surface area contributed by atoms with Crippen molar-refractivity contribution < 1.29 is 13.6 Å². The van der Waals surface area contributed by atoms with Gasteiger partial charge >= 0.3 is 0 Å². The van der Waals surface area contributed by atoms with Gasteiger partial charge in [-0.3, -0.25) is 19.1 Å². The SMILES string of the molecule is O=C(c1ccc(F)cc1)c1cncc(-n2c(-c3ccc(F)cc3)cccc2=O)c1. The van der Waals surface area contributed by atoms with Crippen LogP contribution in [0.3, 0.4) is 0 Å². The molecular weight excluding hydrogens is 374 g/mol. The minimum atomic E-state index is -0.437. The summed E-state index contributed by atoms with van der Waals surface area (Å²) in [6, 6.07) is 17.2. The number of carbonyl (C=O) groups excluding carboxylic acids is 1. The van der Waals surface area contributed by atoms with E-state index in [1.165, 1.54) is 59.4 Å². The second-order valence-corrected chi connectivity index (χ2v) is 6.36. The summed E-state index contributed by atoms with van der Waals surface area (Å²) in [6.45, 7) is 0. The fraction of sp³-hybridized carbons (Fsp3) is 0. The van der Waals surface area contributed by atoms with Gasteiger partial charge in [0, 0.05) is 23.4 Å². The Kier molecular flexibility index (Phi) is 4.83. The number of rotatable bonds is 4. The zero-order valence-electron chi connectivity index (χ0n) is 15.0. The maximum absolute atomic E-state index is 13.3. The monoisotopic (exact) mass is 388 g/mol. The Balaban J connectivity index is 1.81. The summed E-state index contributed by atoms with van der Waals surface area (Å²) in [4.78, 5) is 29.4. The minimum Gasteiger partial charge on any atom is -0.289 e. The molecule has 2 aromatic heterocycles. The van der Waals surface area contributed by atoms with Crippen LogP contribution in [-0.4, -0.2) is 15.3 Å². The zero-order valence-corrected chi connectivity index (χ0v) is 15.0.